The van der Waals surface area contributed by atoms with Crippen molar-refractivity contribution in [2.75, 3.05) is 37.3 Å². The molecule has 1 aromatic rings. The Hall–Kier alpha value is -1.85. The van der Waals surface area contributed by atoms with E-state index in [1.807, 2.05) is 11.9 Å². The highest BCUT2D eigenvalue weighted by Gasteiger charge is 2.19. The summed E-state index contributed by atoms with van der Waals surface area (Å²) in [5, 5.41) is 7.77. The number of aromatic nitrogens is 2. The van der Waals surface area contributed by atoms with Gasteiger partial charge in [-0.15, -0.1) is 10.2 Å². The molecule has 0 radical (unpaired) electrons. The number of amides is 1. The number of hydrogen-bond donors (Lipinski definition) is 1. The molecule has 1 aromatic heterocycles. The molecule has 2 heterocycles. The Balaban J connectivity index is 2.14. The summed E-state index contributed by atoms with van der Waals surface area (Å²) >= 11 is 0. The maximum absolute atomic E-state index is 11.7. The lowest BCUT2D eigenvalue weighted by molar-refractivity contribution is -0.127. The summed E-state index contributed by atoms with van der Waals surface area (Å²) in [4.78, 5) is 15.3. The van der Waals surface area contributed by atoms with Crippen LogP contribution >= 0.6 is 0 Å². The summed E-state index contributed by atoms with van der Waals surface area (Å²) in [6.07, 6.45) is 0.939. The average Bonchev–Trinajstić information content (AvgIpc) is 2.43. The molecular formula is C10H15N5O. The fourth-order valence-electron chi connectivity index (χ4n) is 1.69. The standard InChI is InChI=1S/C10H15N5O/c1-14-5-2-6-15(7-10(14)16)9-4-3-8(11)12-13-9/h3-4H,2,5-7H2,1H3,(H2,11,12). The van der Waals surface area contributed by atoms with E-state index >= 15 is 0 Å². The van der Waals surface area contributed by atoms with E-state index < -0.39 is 0 Å². The predicted octanol–water partition coefficient (Wildman–Crippen LogP) is -0.273. The summed E-state index contributed by atoms with van der Waals surface area (Å²) in [5.74, 6) is 1.20. The van der Waals surface area contributed by atoms with Crippen LogP contribution in [0.5, 0.6) is 0 Å². The van der Waals surface area contributed by atoms with Crippen LogP contribution in [0, 0.1) is 0 Å². The molecule has 6 nitrogen and oxygen atoms in total. The number of hydrogen-bond acceptors (Lipinski definition) is 5. The van der Waals surface area contributed by atoms with Gasteiger partial charge in [-0.25, -0.2) is 0 Å². The first-order valence-corrected chi connectivity index (χ1v) is 5.25. The third-order valence-corrected chi connectivity index (χ3v) is 2.67. The van der Waals surface area contributed by atoms with E-state index in [1.165, 1.54) is 0 Å². The van der Waals surface area contributed by atoms with Gasteiger partial charge in [0.25, 0.3) is 0 Å². The summed E-state index contributed by atoms with van der Waals surface area (Å²) in [7, 11) is 1.82. The second kappa shape index (κ2) is 4.34. The minimum absolute atomic E-state index is 0.108. The van der Waals surface area contributed by atoms with Crippen LogP contribution in [0.1, 0.15) is 6.42 Å². The molecule has 0 spiro atoms. The van der Waals surface area contributed by atoms with E-state index in [0.29, 0.717) is 18.2 Å². The summed E-state index contributed by atoms with van der Waals surface area (Å²) in [5.41, 5.74) is 5.47. The van der Waals surface area contributed by atoms with Crippen LogP contribution in [0.15, 0.2) is 12.1 Å². The van der Waals surface area contributed by atoms with Crippen molar-refractivity contribution in [1.82, 2.24) is 15.1 Å². The minimum atomic E-state index is 0.108. The molecule has 0 atom stereocenters. The van der Waals surface area contributed by atoms with Crippen molar-refractivity contribution in [2.24, 2.45) is 0 Å². The molecule has 0 unspecified atom stereocenters. The molecule has 2 rings (SSSR count). The van der Waals surface area contributed by atoms with Crippen LogP contribution < -0.4 is 10.6 Å². The van der Waals surface area contributed by atoms with Crippen LogP contribution in [0.2, 0.25) is 0 Å². The molecule has 0 bridgehead atoms. The van der Waals surface area contributed by atoms with Gasteiger partial charge in [0, 0.05) is 20.1 Å². The Morgan fingerprint density at radius 2 is 2.12 bits per heavy atom. The quantitative estimate of drug-likeness (QED) is 0.706. The van der Waals surface area contributed by atoms with Gasteiger partial charge >= 0.3 is 0 Å². The van der Waals surface area contributed by atoms with Crippen molar-refractivity contribution in [1.29, 1.82) is 0 Å². The number of likely N-dealkylation sites (N-methyl/N-ethyl adjacent to an activating group) is 1. The van der Waals surface area contributed by atoms with Crippen molar-refractivity contribution < 1.29 is 4.79 Å². The molecule has 0 aliphatic carbocycles. The maximum atomic E-state index is 11.7. The van der Waals surface area contributed by atoms with Crippen molar-refractivity contribution in [3.05, 3.63) is 12.1 Å². The van der Waals surface area contributed by atoms with Crippen LogP contribution in [-0.2, 0) is 4.79 Å². The minimum Gasteiger partial charge on any atom is -0.382 e. The summed E-state index contributed by atoms with van der Waals surface area (Å²) in [6.45, 7) is 1.96. The molecule has 0 aromatic carbocycles. The third-order valence-electron chi connectivity index (χ3n) is 2.67. The Bertz CT molecular complexity index is 377. The van der Waals surface area contributed by atoms with Gasteiger partial charge in [0.1, 0.15) is 5.82 Å². The van der Waals surface area contributed by atoms with Gasteiger partial charge in [-0.2, -0.15) is 0 Å². The predicted molar refractivity (Wildman–Crippen MR) is 60.9 cm³/mol. The normalized spacial score (nSPS) is 17.4. The van der Waals surface area contributed by atoms with Gasteiger partial charge < -0.3 is 15.5 Å². The van der Waals surface area contributed by atoms with Gasteiger partial charge in [0.2, 0.25) is 5.91 Å². The van der Waals surface area contributed by atoms with Crippen LogP contribution in [0.4, 0.5) is 11.6 Å². The van der Waals surface area contributed by atoms with Crippen molar-refractivity contribution in [2.45, 2.75) is 6.42 Å². The molecule has 1 saturated heterocycles. The molecule has 1 amide bonds. The van der Waals surface area contributed by atoms with Gasteiger partial charge in [-0.05, 0) is 18.6 Å². The number of carbonyl (C=O) groups excluding carboxylic acids is 1. The zero-order chi connectivity index (χ0) is 11.5. The monoisotopic (exact) mass is 221 g/mol. The highest BCUT2D eigenvalue weighted by molar-refractivity contribution is 5.81. The molecule has 2 N–H and O–H groups in total. The summed E-state index contributed by atoms with van der Waals surface area (Å²) in [6, 6.07) is 3.49. The first-order valence-electron chi connectivity index (χ1n) is 5.25. The number of carbonyl (C=O) groups is 1. The van der Waals surface area contributed by atoms with Crippen LogP contribution in [0.25, 0.3) is 0 Å². The number of nitrogens with zero attached hydrogens (tertiary/aromatic N) is 4. The van der Waals surface area contributed by atoms with Gasteiger partial charge in [0.15, 0.2) is 5.82 Å². The third kappa shape index (κ3) is 2.21. The molecular weight excluding hydrogens is 206 g/mol. The Morgan fingerprint density at radius 3 is 2.81 bits per heavy atom. The van der Waals surface area contributed by atoms with Crippen molar-refractivity contribution in [3.8, 4) is 0 Å². The van der Waals surface area contributed by atoms with Gasteiger partial charge in [0.05, 0.1) is 6.54 Å². The lowest BCUT2D eigenvalue weighted by Crippen LogP contribution is -2.34. The molecule has 16 heavy (non-hydrogen) atoms. The second-order valence-corrected chi connectivity index (χ2v) is 3.91. The highest BCUT2D eigenvalue weighted by Crippen LogP contribution is 2.13. The lowest BCUT2D eigenvalue weighted by atomic mass is 10.4. The molecule has 6 heteroatoms. The van der Waals surface area contributed by atoms with E-state index in [9.17, 15) is 4.79 Å². The second-order valence-electron chi connectivity index (χ2n) is 3.91. The molecule has 86 valence electrons. The first-order chi connectivity index (χ1) is 7.66. The molecule has 1 aliphatic heterocycles. The van der Waals surface area contributed by atoms with E-state index in [2.05, 4.69) is 10.2 Å². The SMILES string of the molecule is CN1CCCN(c2ccc(N)nn2)CC1=O. The van der Waals surface area contributed by atoms with Gasteiger partial charge in [-0.3, -0.25) is 4.79 Å². The average molecular weight is 221 g/mol. The Labute approximate surface area is 94.0 Å². The maximum Gasteiger partial charge on any atom is 0.241 e. The fourth-order valence-corrected chi connectivity index (χ4v) is 1.69. The van der Waals surface area contributed by atoms with E-state index in [-0.39, 0.29) is 5.91 Å². The number of anilines is 2. The Morgan fingerprint density at radius 1 is 1.31 bits per heavy atom. The zero-order valence-electron chi connectivity index (χ0n) is 9.26. The largest absolute Gasteiger partial charge is 0.382 e. The molecule has 0 saturated carbocycles. The molecule has 1 fully saturated rings. The number of nitrogen functional groups attached to an aromatic ring is 1. The first kappa shape index (κ1) is 10.7. The van der Waals surface area contributed by atoms with E-state index in [4.69, 9.17) is 5.73 Å². The van der Waals surface area contributed by atoms with E-state index in [1.54, 1.807) is 17.0 Å². The van der Waals surface area contributed by atoms with Crippen LogP contribution in [-0.4, -0.2) is 47.7 Å². The van der Waals surface area contributed by atoms with Crippen molar-refractivity contribution >= 4 is 17.5 Å². The topological polar surface area (TPSA) is 75.3 Å². The van der Waals surface area contributed by atoms with Crippen molar-refractivity contribution in [3.63, 3.8) is 0 Å². The van der Waals surface area contributed by atoms with Gasteiger partial charge in [-0.1, -0.05) is 0 Å². The highest BCUT2D eigenvalue weighted by atomic mass is 16.2. The smallest absolute Gasteiger partial charge is 0.241 e. The summed E-state index contributed by atoms with van der Waals surface area (Å²) < 4.78 is 0. The lowest BCUT2D eigenvalue weighted by Gasteiger charge is -2.19. The molecule has 1 aliphatic rings. The van der Waals surface area contributed by atoms with Crippen LogP contribution in [0.3, 0.4) is 0 Å². The number of rotatable bonds is 1. The number of nitrogens with two attached hydrogens (primary N) is 1. The fraction of sp³-hybridized carbons (Fsp3) is 0.500. The zero-order valence-corrected chi connectivity index (χ0v) is 9.26. The Kier molecular flexibility index (Phi) is 2.89. The van der Waals surface area contributed by atoms with E-state index in [0.717, 1.165) is 19.5 Å².